The van der Waals surface area contributed by atoms with Crippen molar-refractivity contribution >= 4 is 48.0 Å². The van der Waals surface area contributed by atoms with E-state index in [1.165, 1.54) is 78.4 Å². The lowest BCUT2D eigenvalue weighted by molar-refractivity contribution is 0.859. The van der Waals surface area contributed by atoms with Gasteiger partial charge in [0.2, 0.25) is 0 Å². The number of rotatable bonds is 9. The minimum atomic E-state index is -0.236. The van der Waals surface area contributed by atoms with Gasteiger partial charge in [-0.1, -0.05) is 176 Å². The van der Waals surface area contributed by atoms with Crippen LogP contribution in [0.4, 0.5) is 0 Å². The number of fused-ring (bicyclic) bond motifs is 4. The number of nitrogens with two attached hydrogens (primary N) is 3. The largest absolute Gasteiger partial charge is 0.381 e. The summed E-state index contributed by atoms with van der Waals surface area (Å²) in [5.74, 6) is 0. The third kappa shape index (κ3) is 10.6. The normalized spacial score (nSPS) is 11.4. The van der Waals surface area contributed by atoms with Gasteiger partial charge >= 0.3 is 0 Å². The molecule has 0 fully saturated rings. The zero-order valence-electron chi connectivity index (χ0n) is 34.2. The summed E-state index contributed by atoms with van der Waals surface area (Å²) < 4.78 is 2.65. The summed E-state index contributed by atoms with van der Waals surface area (Å²) in [6.07, 6.45) is 3.19. The smallest absolute Gasteiger partial charge is 0.0504 e. The van der Waals surface area contributed by atoms with Crippen molar-refractivity contribution in [3.63, 3.8) is 0 Å². The molecule has 8 aromatic carbocycles. The molecule has 0 aliphatic carbocycles. The fourth-order valence-electron chi connectivity index (χ4n) is 7.35. The number of hydrogen-bond donors (Lipinski definition) is 4. The Balaban J connectivity index is 0.000000289. The van der Waals surface area contributed by atoms with Crippen LogP contribution in [0.1, 0.15) is 39.4 Å². The van der Waals surface area contributed by atoms with Gasteiger partial charge in [0.15, 0.2) is 0 Å². The summed E-state index contributed by atoms with van der Waals surface area (Å²) in [7, 11) is 3.00. The van der Waals surface area contributed by atoms with Crippen LogP contribution in [0.5, 0.6) is 0 Å². The third-order valence-electron chi connectivity index (χ3n) is 10.2. The fraction of sp³-hybridized carbons (Fsp3) is 0.111. The van der Waals surface area contributed by atoms with E-state index in [0.717, 1.165) is 23.2 Å². The molecule has 1 atom stereocenters. The number of benzene rings is 8. The highest BCUT2D eigenvalue weighted by Crippen LogP contribution is 2.41. The summed E-state index contributed by atoms with van der Waals surface area (Å²) in [5.41, 5.74) is 26.8. The lowest BCUT2D eigenvalue weighted by Crippen LogP contribution is -2.16. The molecule has 0 aliphatic heterocycles. The maximum absolute atomic E-state index is 6.76. The van der Waals surface area contributed by atoms with E-state index >= 15 is 0 Å². The number of aryl methyl sites for hydroxylation is 1. The van der Waals surface area contributed by atoms with Gasteiger partial charge in [0.25, 0.3) is 0 Å². The van der Waals surface area contributed by atoms with Crippen LogP contribution < -0.4 is 22.5 Å². The van der Waals surface area contributed by atoms with Crippen LogP contribution in [0.25, 0.3) is 47.8 Å². The molecule has 7 N–H and O–H groups in total. The van der Waals surface area contributed by atoms with Crippen LogP contribution in [-0.4, -0.2) is 14.1 Å². The Morgan fingerprint density at radius 3 is 1.63 bits per heavy atom. The van der Waals surface area contributed by atoms with Crippen molar-refractivity contribution in [1.82, 2.24) is 5.32 Å². The van der Waals surface area contributed by atoms with Crippen molar-refractivity contribution in [2.75, 3.05) is 14.1 Å². The minimum absolute atomic E-state index is 0.236. The van der Waals surface area contributed by atoms with E-state index in [0.29, 0.717) is 6.54 Å². The molecule has 0 bridgehead atoms. The summed E-state index contributed by atoms with van der Waals surface area (Å²) >= 11 is 1.87. The van der Waals surface area contributed by atoms with Crippen LogP contribution >= 0.6 is 11.3 Å². The van der Waals surface area contributed by atoms with Crippen molar-refractivity contribution < 1.29 is 0 Å². The summed E-state index contributed by atoms with van der Waals surface area (Å²) in [6, 6.07) is 68.3. The molecule has 5 heteroatoms. The Morgan fingerprint density at radius 1 is 0.508 bits per heavy atom. The standard InChI is InChI=1S/C39H32N2S.C13H12.2CH5N/c1-26-22-35-33-18-10-11-19-38(33)42-39(35)23-34(26)31-20-21-32(30-17-9-8-16-29(30)31)37(41-25-27-12-4-2-5-13-27)24-36(40)28-14-6-3-7-15-28;1-3-7-12(8-4-1)11-13-9-5-2-6-10-13;2*1-2/h2-24,36,41H,25,40H2,1H3;1-10H,11H2;2*2H2,1H3/b37-24-;;;. The highest BCUT2D eigenvalue weighted by Gasteiger charge is 2.16. The Labute approximate surface area is 353 Å². The van der Waals surface area contributed by atoms with Crippen molar-refractivity contribution in [1.29, 1.82) is 0 Å². The molecule has 0 radical (unpaired) electrons. The lowest BCUT2D eigenvalue weighted by atomic mass is 9.90. The second-order valence-corrected chi connectivity index (χ2v) is 15.1. The van der Waals surface area contributed by atoms with Crippen molar-refractivity contribution in [3.8, 4) is 11.1 Å². The fourth-order valence-corrected chi connectivity index (χ4v) is 8.48. The molecule has 4 nitrogen and oxygen atoms in total. The molecule has 0 amide bonds. The molecular formula is C54H54N4S. The van der Waals surface area contributed by atoms with Crippen molar-refractivity contribution in [2.24, 2.45) is 17.2 Å². The maximum atomic E-state index is 6.76. The average Bonchev–Trinajstić information content (AvgIpc) is 3.67. The summed E-state index contributed by atoms with van der Waals surface area (Å²) in [5, 5.41) is 8.85. The predicted octanol–water partition coefficient (Wildman–Crippen LogP) is 12.4. The molecule has 59 heavy (non-hydrogen) atoms. The van der Waals surface area contributed by atoms with Crippen LogP contribution in [-0.2, 0) is 13.0 Å². The van der Waals surface area contributed by atoms with Crippen LogP contribution in [0.15, 0.2) is 200 Å². The Hall–Kier alpha value is -6.34. The van der Waals surface area contributed by atoms with Crippen LogP contribution in [0.3, 0.4) is 0 Å². The zero-order chi connectivity index (χ0) is 41.4. The first kappa shape index (κ1) is 42.3. The quantitative estimate of drug-likeness (QED) is 0.117. The maximum Gasteiger partial charge on any atom is 0.0504 e. The van der Waals surface area contributed by atoms with E-state index in [1.807, 2.05) is 29.5 Å². The summed E-state index contributed by atoms with van der Waals surface area (Å²) in [6.45, 7) is 2.95. The highest BCUT2D eigenvalue weighted by atomic mass is 32.1. The molecule has 9 rings (SSSR count). The highest BCUT2D eigenvalue weighted by molar-refractivity contribution is 7.25. The molecule has 0 saturated carbocycles. The van der Waals surface area contributed by atoms with E-state index in [-0.39, 0.29) is 6.04 Å². The van der Waals surface area contributed by atoms with Gasteiger partial charge in [-0.2, -0.15) is 0 Å². The SMILES string of the molecule is CN.CN.Cc1cc2c(cc1-c1ccc(/C(=C/C(N)c3ccccc3)NCc3ccccc3)c3ccccc13)sc1ccccc12.c1ccc(Cc2ccccc2)cc1. The Kier molecular flexibility index (Phi) is 15.4. The molecule has 1 aromatic heterocycles. The lowest BCUT2D eigenvalue weighted by Gasteiger charge is -2.19. The third-order valence-corrected chi connectivity index (χ3v) is 11.3. The molecule has 296 valence electrons. The molecule has 1 heterocycles. The second kappa shape index (κ2) is 21.4. The van der Waals surface area contributed by atoms with Gasteiger partial charge in [0.1, 0.15) is 0 Å². The molecular weight excluding hydrogens is 737 g/mol. The first-order valence-electron chi connectivity index (χ1n) is 20.1. The van der Waals surface area contributed by atoms with Crippen LogP contribution in [0, 0.1) is 6.92 Å². The Bertz CT molecular complexity index is 2650. The van der Waals surface area contributed by atoms with E-state index in [1.54, 1.807) is 0 Å². The van der Waals surface area contributed by atoms with Gasteiger partial charge in [0.05, 0.1) is 6.04 Å². The van der Waals surface area contributed by atoms with E-state index < -0.39 is 0 Å². The number of nitrogens with one attached hydrogen (secondary N) is 1. The van der Waals surface area contributed by atoms with Gasteiger partial charge < -0.3 is 22.5 Å². The first-order chi connectivity index (χ1) is 29.1. The van der Waals surface area contributed by atoms with Gasteiger partial charge in [-0.05, 0) is 101 Å². The van der Waals surface area contributed by atoms with E-state index in [9.17, 15) is 0 Å². The molecule has 0 aliphatic rings. The molecule has 0 saturated heterocycles. The molecule has 1 unspecified atom stereocenters. The van der Waals surface area contributed by atoms with Gasteiger partial charge in [-0.15, -0.1) is 11.3 Å². The van der Waals surface area contributed by atoms with Gasteiger partial charge in [-0.3, -0.25) is 0 Å². The molecule has 9 aromatic rings. The van der Waals surface area contributed by atoms with Gasteiger partial charge in [0, 0.05) is 38.0 Å². The number of hydrogen-bond acceptors (Lipinski definition) is 5. The zero-order valence-corrected chi connectivity index (χ0v) is 35.0. The predicted molar refractivity (Wildman–Crippen MR) is 258 cm³/mol. The van der Waals surface area contributed by atoms with Gasteiger partial charge in [-0.25, -0.2) is 0 Å². The van der Waals surface area contributed by atoms with Crippen molar-refractivity contribution in [3.05, 3.63) is 234 Å². The second-order valence-electron chi connectivity index (χ2n) is 14.0. The number of thiophene rings is 1. The average molecular weight is 791 g/mol. The monoisotopic (exact) mass is 790 g/mol. The molecule has 0 spiro atoms. The van der Waals surface area contributed by atoms with E-state index in [2.05, 4.69) is 206 Å². The first-order valence-corrected chi connectivity index (χ1v) is 20.9. The topological polar surface area (TPSA) is 90.1 Å². The van der Waals surface area contributed by atoms with Crippen molar-refractivity contribution in [2.45, 2.75) is 25.9 Å². The Morgan fingerprint density at radius 2 is 1.02 bits per heavy atom. The van der Waals surface area contributed by atoms with E-state index in [4.69, 9.17) is 5.73 Å². The summed E-state index contributed by atoms with van der Waals surface area (Å²) in [4.78, 5) is 0. The van der Waals surface area contributed by atoms with Crippen LogP contribution in [0.2, 0.25) is 0 Å². The minimum Gasteiger partial charge on any atom is -0.381 e.